The number of anilines is 1. The van der Waals surface area contributed by atoms with Crippen LogP contribution in [0.3, 0.4) is 0 Å². The van der Waals surface area contributed by atoms with Crippen molar-refractivity contribution in [1.82, 2.24) is 9.88 Å². The minimum absolute atomic E-state index is 0.170. The average molecular weight is 280 g/mol. The summed E-state index contributed by atoms with van der Waals surface area (Å²) in [6, 6.07) is 3.64. The van der Waals surface area contributed by atoms with Gasteiger partial charge in [-0.25, -0.2) is 9.78 Å². The lowest BCUT2D eigenvalue weighted by molar-refractivity contribution is -0.838. The summed E-state index contributed by atoms with van der Waals surface area (Å²) in [4.78, 5) is 19.7. The molecular weight excluding hydrogens is 256 g/mol. The van der Waals surface area contributed by atoms with E-state index < -0.39 is 4.65 Å². The highest BCUT2D eigenvalue weighted by Crippen LogP contribution is 2.16. The van der Waals surface area contributed by atoms with E-state index in [4.69, 9.17) is 0 Å². The van der Waals surface area contributed by atoms with Gasteiger partial charge in [-0.05, 0) is 31.5 Å². The third kappa shape index (κ3) is 4.79. The monoisotopic (exact) mass is 280 g/mol. The summed E-state index contributed by atoms with van der Waals surface area (Å²) in [5.41, 5.74) is 1.90. The van der Waals surface area contributed by atoms with Crippen LogP contribution in [0.15, 0.2) is 12.1 Å². The molecule has 0 aliphatic rings. The minimum Gasteiger partial charge on any atom is -0.633 e. The van der Waals surface area contributed by atoms with Gasteiger partial charge in [0.2, 0.25) is 0 Å². The van der Waals surface area contributed by atoms with E-state index in [0.717, 1.165) is 11.3 Å². The predicted molar refractivity (Wildman–Crippen MR) is 80.5 cm³/mol. The Hall–Kier alpha value is -1.66. The lowest BCUT2D eigenvalue weighted by atomic mass is 10.2. The van der Waals surface area contributed by atoms with Gasteiger partial charge in [-0.15, -0.1) is 0 Å². The Balaban J connectivity index is 3.06. The smallest absolute Gasteiger partial charge is 0.325 e. The SMILES string of the molecule is Cc1cc(C)nc(N(CC[N+](C)(C)[O-])C(=O)N(C)C)c1. The van der Waals surface area contributed by atoms with E-state index in [-0.39, 0.29) is 6.03 Å². The standard InChI is InChI=1S/C14H24N4O2/c1-11-9-12(2)15-13(10-11)17(14(19)16(3)4)7-8-18(5,6)20/h9-10H,7-8H2,1-6H3. The van der Waals surface area contributed by atoms with Gasteiger partial charge in [0, 0.05) is 19.8 Å². The number of carbonyl (C=O) groups is 1. The molecule has 6 heteroatoms. The van der Waals surface area contributed by atoms with Crippen LogP contribution in [-0.4, -0.2) is 61.8 Å². The summed E-state index contributed by atoms with van der Waals surface area (Å²) < 4.78 is -0.442. The number of aryl methyl sites for hydroxylation is 2. The second-order valence-corrected chi connectivity index (χ2v) is 5.77. The first-order valence-electron chi connectivity index (χ1n) is 6.58. The van der Waals surface area contributed by atoms with Crippen molar-refractivity contribution in [2.75, 3.05) is 46.2 Å². The van der Waals surface area contributed by atoms with Crippen LogP contribution in [0.4, 0.5) is 10.6 Å². The third-order valence-electron chi connectivity index (χ3n) is 2.84. The van der Waals surface area contributed by atoms with Gasteiger partial charge in [0.05, 0.1) is 27.2 Å². The maximum Gasteiger partial charge on any atom is 0.325 e. The van der Waals surface area contributed by atoms with Crippen molar-refractivity contribution in [3.63, 3.8) is 0 Å². The van der Waals surface area contributed by atoms with Crippen molar-refractivity contribution >= 4 is 11.8 Å². The van der Waals surface area contributed by atoms with Gasteiger partial charge < -0.3 is 14.8 Å². The van der Waals surface area contributed by atoms with Gasteiger partial charge in [0.1, 0.15) is 5.82 Å². The Morgan fingerprint density at radius 3 is 2.35 bits per heavy atom. The van der Waals surface area contributed by atoms with E-state index in [2.05, 4.69) is 4.98 Å². The van der Waals surface area contributed by atoms with E-state index in [9.17, 15) is 10.0 Å². The maximum absolute atomic E-state index is 12.3. The number of hydroxylamine groups is 3. The zero-order chi connectivity index (χ0) is 15.5. The molecule has 0 saturated heterocycles. The van der Waals surface area contributed by atoms with Gasteiger partial charge in [-0.1, -0.05) is 0 Å². The van der Waals surface area contributed by atoms with Crippen LogP contribution in [0, 0.1) is 19.1 Å². The molecular formula is C14H24N4O2. The summed E-state index contributed by atoms with van der Waals surface area (Å²) in [7, 11) is 6.50. The third-order valence-corrected chi connectivity index (χ3v) is 2.84. The number of amides is 2. The minimum atomic E-state index is -0.442. The highest BCUT2D eigenvalue weighted by molar-refractivity contribution is 5.90. The van der Waals surface area contributed by atoms with E-state index >= 15 is 0 Å². The van der Waals surface area contributed by atoms with Gasteiger partial charge in [-0.3, -0.25) is 4.90 Å². The van der Waals surface area contributed by atoms with Gasteiger partial charge in [0.25, 0.3) is 0 Å². The fourth-order valence-corrected chi connectivity index (χ4v) is 1.85. The summed E-state index contributed by atoms with van der Waals surface area (Å²) >= 11 is 0. The molecule has 0 unspecified atom stereocenters. The van der Waals surface area contributed by atoms with Crippen LogP contribution in [0.5, 0.6) is 0 Å². The number of hydrogen-bond donors (Lipinski definition) is 0. The zero-order valence-electron chi connectivity index (χ0n) is 13.2. The fourth-order valence-electron chi connectivity index (χ4n) is 1.85. The highest BCUT2D eigenvalue weighted by atomic mass is 16.5. The Labute approximate surface area is 120 Å². The van der Waals surface area contributed by atoms with Crippen LogP contribution in [-0.2, 0) is 0 Å². The van der Waals surface area contributed by atoms with Crippen molar-refractivity contribution in [3.8, 4) is 0 Å². The number of aromatic nitrogens is 1. The van der Waals surface area contributed by atoms with Crippen molar-refractivity contribution in [2.45, 2.75) is 13.8 Å². The van der Waals surface area contributed by atoms with Crippen LogP contribution >= 0.6 is 0 Å². The number of rotatable bonds is 4. The van der Waals surface area contributed by atoms with E-state index in [1.807, 2.05) is 26.0 Å². The number of likely N-dealkylation sites (N-methyl/N-ethyl adjacent to an activating group) is 1. The molecule has 0 atom stereocenters. The number of hydrogen-bond acceptors (Lipinski definition) is 3. The molecule has 0 fully saturated rings. The van der Waals surface area contributed by atoms with Crippen molar-refractivity contribution in [1.29, 1.82) is 0 Å². The molecule has 20 heavy (non-hydrogen) atoms. The molecule has 6 nitrogen and oxygen atoms in total. The molecule has 0 saturated carbocycles. The fraction of sp³-hybridized carbons (Fsp3) is 0.571. The van der Waals surface area contributed by atoms with Crippen LogP contribution in [0.2, 0.25) is 0 Å². The van der Waals surface area contributed by atoms with Gasteiger partial charge in [0.15, 0.2) is 0 Å². The lowest BCUT2D eigenvalue weighted by Gasteiger charge is -2.36. The number of quaternary nitrogens is 1. The quantitative estimate of drug-likeness (QED) is 0.623. The number of pyridine rings is 1. The van der Waals surface area contributed by atoms with E-state index in [1.54, 1.807) is 33.1 Å². The van der Waals surface area contributed by atoms with E-state index in [1.165, 1.54) is 4.90 Å². The zero-order valence-corrected chi connectivity index (χ0v) is 13.2. The highest BCUT2D eigenvalue weighted by Gasteiger charge is 2.21. The van der Waals surface area contributed by atoms with Crippen molar-refractivity contribution in [2.24, 2.45) is 0 Å². The normalized spacial score (nSPS) is 11.3. The summed E-state index contributed by atoms with van der Waals surface area (Å²) in [6.07, 6.45) is 0. The van der Waals surface area contributed by atoms with Crippen LogP contribution in [0.1, 0.15) is 11.3 Å². The van der Waals surface area contributed by atoms with Crippen molar-refractivity contribution in [3.05, 3.63) is 28.6 Å². The Kier molecular flexibility index (Phi) is 5.08. The molecule has 0 spiro atoms. The molecule has 0 bridgehead atoms. The molecule has 112 valence electrons. The molecule has 1 aromatic heterocycles. The lowest BCUT2D eigenvalue weighted by Crippen LogP contribution is -2.46. The van der Waals surface area contributed by atoms with Crippen molar-refractivity contribution < 1.29 is 9.44 Å². The molecule has 0 radical (unpaired) electrons. The molecule has 1 aromatic rings. The number of nitrogens with zero attached hydrogens (tertiary/aromatic N) is 4. The Bertz CT molecular complexity index is 460. The molecule has 2 amide bonds. The van der Waals surface area contributed by atoms with E-state index in [0.29, 0.717) is 18.9 Å². The average Bonchev–Trinajstić information content (AvgIpc) is 2.25. The second-order valence-electron chi connectivity index (χ2n) is 5.77. The molecule has 0 aliphatic heterocycles. The molecule has 1 rings (SSSR count). The largest absolute Gasteiger partial charge is 0.633 e. The first-order chi connectivity index (χ1) is 9.10. The molecule has 0 aromatic carbocycles. The van der Waals surface area contributed by atoms with Gasteiger partial charge in [-0.2, -0.15) is 0 Å². The van der Waals surface area contributed by atoms with Gasteiger partial charge >= 0.3 is 6.03 Å². The number of urea groups is 1. The Morgan fingerprint density at radius 2 is 1.90 bits per heavy atom. The summed E-state index contributed by atoms with van der Waals surface area (Å²) in [5, 5.41) is 11.7. The second kappa shape index (κ2) is 6.19. The van der Waals surface area contributed by atoms with Crippen LogP contribution in [0.25, 0.3) is 0 Å². The Morgan fingerprint density at radius 1 is 1.30 bits per heavy atom. The molecule has 1 heterocycles. The maximum atomic E-state index is 12.3. The summed E-state index contributed by atoms with van der Waals surface area (Å²) in [5.74, 6) is 0.592. The van der Waals surface area contributed by atoms with Crippen LogP contribution < -0.4 is 4.90 Å². The topological polar surface area (TPSA) is 59.5 Å². The predicted octanol–water partition coefficient (Wildman–Crippen LogP) is 1.76. The molecule has 0 aliphatic carbocycles. The first-order valence-corrected chi connectivity index (χ1v) is 6.58. The molecule has 0 N–H and O–H groups in total. The number of carbonyl (C=O) groups excluding carboxylic acids is 1. The summed E-state index contributed by atoms with van der Waals surface area (Å²) in [6.45, 7) is 4.50. The first kappa shape index (κ1) is 16.4.